The van der Waals surface area contributed by atoms with Crippen molar-refractivity contribution in [3.05, 3.63) is 22.8 Å². The molecule has 9 heteroatoms. The Kier molecular flexibility index (Phi) is 2.96. The van der Waals surface area contributed by atoms with Crippen LogP contribution in [-0.2, 0) is 19.5 Å². The fourth-order valence-corrected chi connectivity index (χ4v) is 3.31. The molecule has 0 bridgehead atoms. The van der Waals surface area contributed by atoms with Gasteiger partial charge in [-0.15, -0.1) is 5.10 Å². The molecule has 116 valence electrons. The Morgan fingerprint density at radius 2 is 2.14 bits per heavy atom. The van der Waals surface area contributed by atoms with E-state index in [1.165, 1.54) is 0 Å². The first-order chi connectivity index (χ1) is 10.6. The van der Waals surface area contributed by atoms with E-state index in [4.69, 9.17) is 5.10 Å². The maximum Gasteiger partial charge on any atom is 0.272 e. The number of hydrogen-bond donors (Lipinski definition) is 1. The van der Waals surface area contributed by atoms with Crippen LogP contribution in [0.5, 0.6) is 0 Å². The number of nitrogens with one attached hydrogen (secondary N) is 1. The SMILES string of the molecule is CN1CCc2nn3c(c2C1)C(=O)N(C)CC(c1nnn[nH]1)C3. The molecule has 2 aliphatic heterocycles. The molecule has 2 aromatic rings. The number of carbonyl (C=O) groups excluding carboxylic acids is 1. The van der Waals surface area contributed by atoms with Gasteiger partial charge in [-0.3, -0.25) is 9.48 Å². The van der Waals surface area contributed by atoms with E-state index >= 15 is 0 Å². The third-order valence-electron chi connectivity index (χ3n) is 4.48. The third-order valence-corrected chi connectivity index (χ3v) is 4.48. The summed E-state index contributed by atoms with van der Waals surface area (Å²) in [5.41, 5.74) is 2.84. The highest BCUT2D eigenvalue weighted by atomic mass is 16.2. The molecule has 1 unspecified atom stereocenters. The Bertz CT molecular complexity index is 706. The second-order valence-corrected chi connectivity index (χ2v) is 6.11. The summed E-state index contributed by atoms with van der Waals surface area (Å²) in [5, 5.41) is 18.8. The van der Waals surface area contributed by atoms with Crippen molar-refractivity contribution in [2.45, 2.75) is 25.4 Å². The molecule has 1 amide bonds. The number of tetrazole rings is 1. The number of H-pyrrole nitrogens is 1. The van der Waals surface area contributed by atoms with E-state index in [2.05, 4.69) is 32.6 Å². The first-order valence-electron chi connectivity index (χ1n) is 7.39. The predicted molar refractivity (Wildman–Crippen MR) is 76.1 cm³/mol. The van der Waals surface area contributed by atoms with Crippen LogP contribution in [0, 0.1) is 0 Å². The van der Waals surface area contributed by atoms with Gasteiger partial charge in [0.25, 0.3) is 5.91 Å². The first kappa shape index (κ1) is 13.4. The van der Waals surface area contributed by atoms with E-state index in [9.17, 15) is 4.79 Å². The number of nitrogens with zero attached hydrogens (tertiary/aromatic N) is 7. The lowest BCUT2D eigenvalue weighted by molar-refractivity contribution is 0.0788. The summed E-state index contributed by atoms with van der Waals surface area (Å²) < 4.78 is 1.85. The molecule has 1 atom stereocenters. The highest BCUT2D eigenvalue weighted by Crippen LogP contribution is 2.27. The van der Waals surface area contributed by atoms with Crippen molar-refractivity contribution in [3.63, 3.8) is 0 Å². The maximum atomic E-state index is 12.8. The molecule has 4 rings (SSSR count). The Balaban J connectivity index is 1.78. The van der Waals surface area contributed by atoms with Gasteiger partial charge in [0.05, 0.1) is 18.2 Å². The molecular weight excluding hydrogens is 284 g/mol. The lowest BCUT2D eigenvalue weighted by Gasteiger charge is -2.23. The van der Waals surface area contributed by atoms with Crippen LogP contribution in [0.15, 0.2) is 0 Å². The molecule has 0 aliphatic carbocycles. The summed E-state index contributed by atoms with van der Waals surface area (Å²) in [6.07, 6.45) is 0.886. The highest BCUT2D eigenvalue weighted by Gasteiger charge is 2.34. The Labute approximate surface area is 127 Å². The van der Waals surface area contributed by atoms with Crippen LogP contribution >= 0.6 is 0 Å². The van der Waals surface area contributed by atoms with Gasteiger partial charge in [0, 0.05) is 38.7 Å². The third kappa shape index (κ3) is 2.00. The summed E-state index contributed by atoms with van der Waals surface area (Å²) in [5.74, 6) is 0.737. The fourth-order valence-electron chi connectivity index (χ4n) is 3.31. The van der Waals surface area contributed by atoms with Crippen molar-refractivity contribution >= 4 is 5.91 Å². The Morgan fingerprint density at radius 3 is 2.91 bits per heavy atom. The average Bonchev–Trinajstić information content (AvgIpc) is 3.10. The maximum absolute atomic E-state index is 12.8. The van der Waals surface area contributed by atoms with Crippen LogP contribution in [0.3, 0.4) is 0 Å². The van der Waals surface area contributed by atoms with Crippen molar-refractivity contribution < 1.29 is 4.79 Å². The molecule has 0 saturated carbocycles. The molecule has 0 spiro atoms. The zero-order chi connectivity index (χ0) is 15.3. The normalized spacial score (nSPS) is 22.4. The topological polar surface area (TPSA) is 95.8 Å². The van der Waals surface area contributed by atoms with E-state index in [-0.39, 0.29) is 11.8 Å². The zero-order valence-corrected chi connectivity index (χ0v) is 12.7. The summed E-state index contributed by atoms with van der Waals surface area (Å²) in [7, 11) is 3.89. The molecule has 0 saturated heterocycles. The molecule has 0 fully saturated rings. The van der Waals surface area contributed by atoms with Crippen LogP contribution in [0.1, 0.15) is 33.5 Å². The van der Waals surface area contributed by atoms with Gasteiger partial charge in [-0.05, 0) is 17.5 Å². The average molecular weight is 302 g/mol. The lowest BCUT2D eigenvalue weighted by Crippen LogP contribution is -2.32. The molecule has 9 nitrogen and oxygen atoms in total. The molecule has 4 heterocycles. The molecule has 22 heavy (non-hydrogen) atoms. The summed E-state index contributed by atoms with van der Waals surface area (Å²) in [4.78, 5) is 16.7. The molecule has 1 N–H and O–H groups in total. The molecule has 2 aromatic heterocycles. The van der Waals surface area contributed by atoms with Crippen molar-refractivity contribution in [3.8, 4) is 0 Å². The van der Waals surface area contributed by atoms with Gasteiger partial charge < -0.3 is 9.80 Å². The summed E-state index contributed by atoms with van der Waals surface area (Å²) in [6, 6.07) is 0. The van der Waals surface area contributed by atoms with Gasteiger partial charge >= 0.3 is 0 Å². The minimum Gasteiger partial charge on any atom is -0.340 e. The number of aromatic amines is 1. The van der Waals surface area contributed by atoms with Crippen LogP contribution in [0.4, 0.5) is 0 Å². The number of carbonyl (C=O) groups is 1. The van der Waals surface area contributed by atoms with Crippen molar-refractivity contribution in [2.75, 3.05) is 27.2 Å². The van der Waals surface area contributed by atoms with Crippen LogP contribution < -0.4 is 0 Å². The van der Waals surface area contributed by atoms with Gasteiger partial charge in [-0.1, -0.05) is 0 Å². The van der Waals surface area contributed by atoms with Crippen LogP contribution in [0.25, 0.3) is 0 Å². The van der Waals surface area contributed by atoms with E-state index in [1.54, 1.807) is 4.90 Å². The molecule has 0 aromatic carbocycles. The van der Waals surface area contributed by atoms with Gasteiger partial charge in [-0.25, -0.2) is 5.10 Å². The monoisotopic (exact) mass is 302 g/mol. The van der Waals surface area contributed by atoms with Crippen LogP contribution in [-0.4, -0.2) is 73.3 Å². The van der Waals surface area contributed by atoms with Gasteiger partial charge in [-0.2, -0.15) is 5.10 Å². The van der Waals surface area contributed by atoms with Crippen molar-refractivity contribution in [1.82, 2.24) is 40.2 Å². The van der Waals surface area contributed by atoms with E-state index in [0.717, 1.165) is 36.5 Å². The van der Waals surface area contributed by atoms with E-state index in [1.807, 2.05) is 11.7 Å². The van der Waals surface area contributed by atoms with Crippen molar-refractivity contribution in [2.24, 2.45) is 0 Å². The predicted octanol–water partition coefficient (Wildman–Crippen LogP) is -0.746. The quantitative estimate of drug-likeness (QED) is 0.745. The number of fused-ring (bicyclic) bond motifs is 3. The largest absolute Gasteiger partial charge is 0.340 e. The number of rotatable bonds is 1. The lowest BCUT2D eigenvalue weighted by atomic mass is 10.1. The fraction of sp³-hybridized carbons (Fsp3) is 0.615. The van der Waals surface area contributed by atoms with Crippen LogP contribution in [0.2, 0.25) is 0 Å². The smallest absolute Gasteiger partial charge is 0.272 e. The second kappa shape index (κ2) is 4.87. The van der Waals surface area contributed by atoms with E-state index in [0.29, 0.717) is 18.9 Å². The minimum absolute atomic E-state index is 0.0179. The van der Waals surface area contributed by atoms with Crippen molar-refractivity contribution in [1.29, 1.82) is 0 Å². The Hall–Kier alpha value is -2.29. The standard InChI is InChI=1S/C13H18N8O/c1-19-4-3-10-9(7-19)11-13(22)20(2)5-8(6-21(11)16-10)12-14-17-18-15-12/h8H,3-7H2,1-2H3,(H,14,15,17,18). The zero-order valence-electron chi connectivity index (χ0n) is 12.7. The number of aromatic nitrogens is 6. The summed E-state index contributed by atoms with van der Waals surface area (Å²) >= 11 is 0. The number of hydrogen-bond acceptors (Lipinski definition) is 6. The van der Waals surface area contributed by atoms with Gasteiger partial charge in [0.1, 0.15) is 5.69 Å². The molecular formula is C13H18N8O. The highest BCUT2D eigenvalue weighted by molar-refractivity contribution is 5.94. The van der Waals surface area contributed by atoms with E-state index < -0.39 is 0 Å². The second-order valence-electron chi connectivity index (χ2n) is 6.11. The summed E-state index contributed by atoms with van der Waals surface area (Å²) in [6.45, 7) is 2.93. The number of amides is 1. The first-order valence-corrected chi connectivity index (χ1v) is 7.39. The number of likely N-dealkylation sites (N-methyl/N-ethyl adjacent to an activating group) is 2. The van der Waals surface area contributed by atoms with Gasteiger partial charge in [0.2, 0.25) is 0 Å². The Morgan fingerprint density at radius 1 is 1.27 bits per heavy atom. The van der Waals surface area contributed by atoms with Gasteiger partial charge in [0.15, 0.2) is 5.82 Å². The molecule has 0 radical (unpaired) electrons. The minimum atomic E-state index is 0.0179. The molecule has 2 aliphatic rings.